The van der Waals surface area contributed by atoms with Gasteiger partial charge in [0.1, 0.15) is 12.3 Å². The molecule has 8 nitrogen and oxygen atoms in total. The molecule has 4 rings (SSSR count). The van der Waals surface area contributed by atoms with E-state index in [1.165, 1.54) is 0 Å². The highest BCUT2D eigenvalue weighted by atomic mass is 16.6. The van der Waals surface area contributed by atoms with Gasteiger partial charge in [-0.1, -0.05) is 30.3 Å². The lowest BCUT2D eigenvalue weighted by Gasteiger charge is -2.31. The molecule has 0 bridgehead atoms. The number of benzene rings is 2. The Bertz CT molecular complexity index is 964. The van der Waals surface area contributed by atoms with Gasteiger partial charge in [0.05, 0.1) is 11.1 Å². The number of ether oxygens (including phenoxy) is 1. The average molecular weight is 421 g/mol. The third-order valence-corrected chi connectivity index (χ3v) is 5.59. The number of fused-ring (bicyclic) bond motifs is 1. The number of piperidine rings is 1. The van der Waals surface area contributed by atoms with Gasteiger partial charge in [-0.2, -0.15) is 0 Å². The maximum absolute atomic E-state index is 12.4. The summed E-state index contributed by atoms with van der Waals surface area (Å²) in [6.45, 7) is 1.23. The van der Waals surface area contributed by atoms with E-state index >= 15 is 0 Å². The van der Waals surface area contributed by atoms with Crippen molar-refractivity contribution in [3.8, 4) is 5.75 Å². The lowest BCUT2D eigenvalue weighted by atomic mass is 9.97. The van der Waals surface area contributed by atoms with E-state index in [4.69, 9.17) is 4.74 Å². The number of nitrogens with one attached hydrogen (secondary N) is 1. The third-order valence-electron chi connectivity index (χ3n) is 5.59. The number of likely N-dealkylation sites (tertiary alicyclic amines) is 1. The fraction of sp³-hybridized carbons (Fsp3) is 0.304. The summed E-state index contributed by atoms with van der Waals surface area (Å²) in [5.74, 6) is -0.538. The monoisotopic (exact) mass is 421 g/mol. The van der Waals surface area contributed by atoms with E-state index in [1.54, 1.807) is 53.4 Å². The molecule has 2 aromatic carbocycles. The van der Waals surface area contributed by atoms with Crippen molar-refractivity contribution in [2.24, 2.45) is 5.92 Å². The largest absolute Gasteiger partial charge is 0.415 e. The Morgan fingerprint density at radius 3 is 2.10 bits per heavy atom. The number of carbonyl (C=O) groups is 4. The van der Waals surface area contributed by atoms with Gasteiger partial charge in [-0.15, -0.1) is 0 Å². The van der Waals surface area contributed by atoms with Gasteiger partial charge in [-0.3, -0.25) is 19.3 Å². The topological polar surface area (TPSA) is 96.0 Å². The molecule has 2 aromatic rings. The molecule has 0 radical (unpaired) electrons. The van der Waals surface area contributed by atoms with Crippen LogP contribution in [0.15, 0.2) is 54.6 Å². The lowest BCUT2D eigenvalue weighted by Crippen LogP contribution is -2.45. The number of para-hydroxylation sites is 1. The van der Waals surface area contributed by atoms with E-state index < -0.39 is 11.8 Å². The Balaban J connectivity index is 1.20. The molecule has 0 aromatic heterocycles. The van der Waals surface area contributed by atoms with Crippen molar-refractivity contribution in [3.63, 3.8) is 0 Å². The van der Waals surface area contributed by atoms with E-state index in [1.807, 2.05) is 6.07 Å². The fourth-order valence-electron chi connectivity index (χ4n) is 3.81. The summed E-state index contributed by atoms with van der Waals surface area (Å²) in [6, 6.07) is 15.5. The first-order chi connectivity index (χ1) is 15.0. The minimum Gasteiger partial charge on any atom is -0.410 e. The molecule has 31 heavy (non-hydrogen) atoms. The van der Waals surface area contributed by atoms with Gasteiger partial charge in [0.15, 0.2) is 0 Å². The van der Waals surface area contributed by atoms with Gasteiger partial charge >= 0.3 is 6.09 Å². The van der Waals surface area contributed by atoms with Gasteiger partial charge in [0, 0.05) is 19.6 Å². The van der Waals surface area contributed by atoms with Gasteiger partial charge in [0.2, 0.25) is 5.91 Å². The summed E-state index contributed by atoms with van der Waals surface area (Å²) in [5.41, 5.74) is 0.658. The molecule has 2 aliphatic rings. The fourth-order valence-corrected chi connectivity index (χ4v) is 3.81. The highest BCUT2D eigenvalue weighted by molar-refractivity contribution is 6.22. The first-order valence-corrected chi connectivity index (χ1v) is 10.3. The summed E-state index contributed by atoms with van der Waals surface area (Å²) in [4.78, 5) is 51.9. The quantitative estimate of drug-likeness (QED) is 0.748. The van der Waals surface area contributed by atoms with Crippen LogP contribution in [-0.4, -0.2) is 59.8 Å². The molecule has 160 valence electrons. The van der Waals surface area contributed by atoms with Crippen molar-refractivity contribution in [1.82, 2.24) is 15.1 Å². The summed E-state index contributed by atoms with van der Waals surface area (Å²) >= 11 is 0. The van der Waals surface area contributed by atoms with Crippen LogP contribution >= 0.6 is 0 Å². The molecular weight excluding hydrogens is 398 g/mol. The zero-order valence-corrected chi connectivity index (χ0v) is 17.0. The molecule has 0 spiro atoms. The maximum Gasteiger partial charge on any atom is 0.415 e. The number of amides is 4. The molecular formula is C23H23N3O5. The summed E-state index contributed by atoms with van der Waals surface area (Å²) in [7, 11) is 0. The van der Waals surface area contributed by atoms with Crippen LogP contribution in [0.2, 0.25) is 0 Å². The van der Waals surface area contributed by atoms with Crippen LogP contribution < -0.4 is 10.1 Å². The van der Waals surface area contributed by atoms with E-state index in [0.717, 1.165) is 17.7 Å². The first kappa shape index (κ1) is 20.6. The predicted octanol–water partition coefficient (Wildman–Crippen LogP) is 2.31. The van der Waals surface area contributed by atoms with E-state index in [0.29, 0.717) is 36.5 Å². The molecule has 0 unspecified atom stereocenters. The highest BCUT2D eigenvalue weighted by Gasteiger charge is 2.36. The molecule has 0 saturated carbocycles. The summed E-state index contributed by atoms with van der Waals surface area (Å²) < 4.78 is 5.36. The minimum atomic E-state index is -0.444. The molecule has 8 heteroatoms. The molecule has 4 amide bonds. The number of rotatable bonds is 5. The van der Waals surface area contributed by atoms with E-state index in [-0.39, 0.29) is 24.5 Å². The Hall–Kier alpha value is -3.68. The van der Waals surface area contributed by atoms with Crippen molar-refractivity contribution in [2.75, 3.05) is 26.2 Å². The predicted molar refractivity (Wildman–Crippen MR) is 112 cm³/mol. The van der Waals surface area contributed by atoms with Crippen LogP contribution in [0.1, 0.15) is 33.6 Å². The second-order valence-corrected chi connectivity index (χ2v) is 7.66. The van der Waals surface area contributed by atoms with Crippen LogP contribution in [0.25, 0.3) is 0 Å². The van der Waals surface area contributed by atoms with Crippen molar-refractivity contribution < 1.29 is 23.9 Å². The summed E-state index contributed by atoms with van der Waals surface area (Å²) in [6.07, 6.45) is 1.09. The normalized spacial score (nSPS) is 16.3. The number of hydrogen-bond acceptors (Lipinski definition) is 5. The maximum atomic E-state index is 12.4. The number of nitrogens with zero attached hydrogens (tertiary/aromatic N) is 2. The average Bonchev–Trinajstić information content (AvgIpc) is 3.04. The van der Waals surface area contributed by atoms with Gasteiger partial charge in [-0.25, -0.2) is 4.79 Å². The molecule has 2 aliphatic heterocycles. The van der Waals surface area contributed by atoms with Crippen LogP contribution in [0, 0.1) is 5.92 Å². The minimum absolute atomic E-state index is 0.215. The molecule has 2 heterocycles. The van der Waals surface area contributed by atoms with Gasteiger partial charge in [0.25, 0.3) is 11.8 Å². The second kappa shape index (κ2) is 8.99. The Morgan fingerprint density at radius 1 is 0.903 bits per heavy atom. The van der Waals surface area contributed by atoms with Crippen LogP contribution in [0.5, 0.6) is 5.75 Å². The van der Waals surface area contributed by atoms with Gasteiger partial charge in [-0.05, 0) is 43.0 Å². The standard InChI is InChI=1S/C23H23N3O5/c27-20(15-26-21(28)18-8-4-5-9-19(18)22(26)29)24-14-16-10-12-25(13-11-16)23(30)31-17-6-2-1-3-7-17/h1-9,16H,10-15H2,(H,24,27). The molecule has 0 atom stereocenters. The van der Waals surface area contributed by atoms with E-state index in [9.17, 15) is 19.2 Å². The molecule has 1 saturated heterocycles. The van der Waals surface area contributed by atoms with Crippen molar-refractivity contribution in [1.29, 1.82) is 0 Å². The third kappa shape index (κ3) is 4.58. The highest BCUT2D eigenvalue weighted by Crippen LogP contribution is 2.22. The lowest BCUT2D eigenvalue weighted by molar-refractivity contribution is -0.121. The number of carbonyl (C=O) groups excluding carboxylic acids is 4. The Labute approximate surface area is 179 Å². The molecule has 1 fully saturated rings. The van der Waals surface area contributed by atoms with Crippen LogP contribution in [0.4, 0.5) is 4.79 Å². The SMILES string of the molecule is O=C(CN1C(=O)c2ccccc2C1=O)NCC1CCN(C(=O)Oc2ccccc2)CC1. The first-order valence-electron chi connectivity index (χ1n) is 10.3. The van der Waals surface area contributed by atoms with Crippen molar-refractivity contribution >= 4 is 23.8 Å². The van der Waals surface area contributed by atoms with Crippen molar-refractivity contribution in [2.45, 2.75) is 12.8 Å². The van der Waals surface area contributed by atoms with Gasteiger partial charge < -0.3 is 15.0 Å². The summed E-state index contributed by atoms with van der Waals surface area (Å²) in [5, 5.41) is 2.81. The second-order valence-electron chi connectivity index (χ2n) is 7.66. The van der Waals surface area contributed by atoms with Crippen molar-refractivity contribution in [3.05, 3.63) is 65.7 Å². The zero-order chi connectivity index (χ0) is 21.8. The van der Waals surface area contributed by atoms with Crippen LogP contribution in [0.3, 0.4) is 0 Å². The molecule has 0 aliphatic carbocycles. The Kier molecular flexibility index (Phi) is 5.97. The number of imide groups is 1. The smallest absolute Gasteiger partial charge is 0.410 e. The zero-order valence-electron chi connectivity index (χ0n) is 17.0. The van der Waals surface area contributed by atoms with E-state index in [2.05, 4.69) is 5.32 Å². The number of hydrogen-bond donors (Lipinski definition) is 1. The molecule has 1 N–H and O–H groups in total. The Morgan fingerprint density at radius 2 is 1.48 bits per heavy atom. The van der Waals surface area contributed by atoms with Crippen LogP contribution in [-0.2, 0) is 4.79 Å².